The van der Waals surface area contributed by atoms with Crippen LogP contribution in [-0.4, -0.2) is 87.6 Å². The van der Waals surface area contributed by atoms with Gasteiger partial charge in [0.15, 0.2) is 5.82 Å². The van der Waals surface area contributed by atoms with Gasteiger partial charge in [0.25, 0.3) is 11.8 Å². The zero-order chi connectivity index (χ0) is 29.6. The maximum absolute atomic E-state index is 14.2. The second-order valence-electron chi connectivity index (χ2n) is 13.6. The number of rotatable bonds is 8. The van der Waals surface area contributed by atoms with Gasteiger partial charge in [-0.15, -0.1) is 10.2 Å². The summed E-state index contributed by atoms with van der Waals surface area (Å²) in [4.78, 5) is 36.2. The van der Waals surface area contributed by atoms with Crippen molar-refractivity contribution in [2.75, 3.05) is 44.2 Å². The van der Waals surface area contributed by atoms with Crippen LogP contribution in [0.15, 0.2) is 24.5 Å². The summed E-state index contributed by atoms with van der Waals surface area (Å²) in [5, 5.41) is 11.4. The highest BCUT2D eigenvalue weighted by Gasteiger charge is 2.47. The highest BCUT2D eigenvalue weighted by Crippen LogP contribution is 2.45. The molecule has 1 N–H and O–H groups in total. The van der Waals surface area contributed by atoms with Crippen molar-refractivity contribution in [3.05, 3.63) is 35.9 Å². The lowest BCUT2D eigenvalue weighted by Crippen LogP contribution is -2.61. The van der Waals surface area contributed by atoms with E-state index in [-0.39, 0.29) is 46.0 Å². The van der Waals surface area contributed by atoms with E-state index in [1.54, 1.807) is 4.90 Å². The molecule has 3 saturated heterocycles. The molecule has 10 nitrogen and oxygen atoms in total. The summed E-state index contributed by atoms with van der Waals surface area (Å²) in [5.41, 5.74) is 0.541. The highest BCUT2D eigenvalue weighted by molar-refractivity contribution is 5.97. The third-order valence-corrected chi connectivity index (χ3v) is 10.6. The fourth-order valence-corrected chi connectivity index (χ4v) is 7.88. The Morgan fingerprint density at radius 3 is 2.56 bits per heavy atom. The fourth-order valence-electron chi connectivity index (χ4n) is 7.88. The topological polar surface area (TPSA) is 104 Å². The normalized spacial score (nSPS) is 26.8. The van der Waals surface area contributed by atoms with E-state index < -0.39 is 5.82 Å². The van der Waals surface area contributed by atoms with Crippen molar-refractivity contribution in [2.24, 2.45) is 11.3 Å². The SMILES string of the molecule is CCN(C(=O)c1cc(F)ccc1Oc1nncnc1N1CC2(CCN(C[C@H]3CC[C@@]4(CCC(=O)N4)CC3)CC2)C1)C1CC1. The van der Waals surface area contributed by atoms with Gasteiger partial charge in [-0.05, 0) is 102 Å². The minimum atomic E-state index is -0.481. The molecule has 3 aliphatic heterocycles. The molecule has 2 saturated carbocycles. The van der Waals surface area contributed by atoms with Gasteiger partial charge in [0.1, 0.15) is 17.9 Å². The first-order valence-corrected chi connectivity index (χ1v) is 16.1. The first-order valence-electron chi connectivity index (χ1n) is 16.1. The zero-order valence-corrected chi connectivity index (χ0v) is 25.1. The zero-order valence-electron chi connectivity index (χ0n) is 25.1. The number of nitrogens with one attached hydrogen (secondary N) is 1. The van der Waals surface area contributed by atoms with Gasteiger partial charge in [0, 0.05) is 49.6 Å². The molecule has 230 valence electrons. The summed E-state index contributed by atoms with van der Waals surface area (Å²) in [6, 6.07) is 4.25. The Bertz CT molecular complexity index is 1360. The summed E-state index contributed by atoms with van der Waals surface area (Å²) in [6.07, 6.45) is 12.0. The summed E-state index contributed by atoms with van der Waals surface area (Å²) < 4.78 is 20.4. The van der Waals surface area contributed by atoms with E-state index in [4.69, 9.17) is 4.74 Å². The van der Waals surface area contributed by atoms with Crippen LogP contribution in [0, 0.1) is 17.2 Å². The number of amides is 2. The number of halogens is 1. The Morgan fingerprint density at radius 2 is 1.88 bits per heavy atom. The number of benzene rings is 1. The molecular formula is C32H42FN7O3. The molecule has 2 amide bonds. The number of aromatic nitrogens is 3. The third kappa shape index (κ3) is 5.80. The standard InChI is InChI=1S/C32H42FN7O3/c1-2-40(24-4-5-24)30(42)25-17-23(33)3-6-26(25)43-29-28(34-21-35-37-29)39-19-31(20-39)13-15-38(16-14-31)18-22-7-10-32(11-8-22)12-9-27(41)36-32/h3,6,17,21-22,24H,2,4-5,7-16,18-20H2,1H3,(H,36,41)/t22-,32-. The lowest BCUT2D eigenvalue weighted by atomic mass is 9.71. The Balaban J connectivity index is 0.951. The van der Waals surface area contributed by atoms with Crippen molar-refractivity contribution < 1.29 is 18.7 Å². The van der Waals surface area contributed by atoms with Crippen LogP contribution in [0.2, 0.25) is 0 Å². The van der Waals surface area contributed by atoms with Crippen molar-refractivity contribution >= 4 is 17.6 Å². The summed E-state index contributed by atoms with van der Waals surface area (Å²) >= 11 is 0. The molecule has 0 radical (unpaired) electrons. The van der Waals surface area contributed by atoms with Gasteiger partial charge in [0.05, 0.1) is 5.56 Å². The number of nitrogens with zero attached hydrogens (tertiary/aromatic N) is 6. The van der Waals surface area contributed by atoms with E-state index in [0.29, 0.717) is 18.8 Å². The molecule has 2 aliphatic carbocycles. The van der Waals surface area contributed by atoms with Gasteiger partial charge in [0.2, 0.25) is 5.91 Å². The summed E-state index contributed by atoms with van der Waals surface area (Å²) in [7, 11) is 0. The maximum atomic E-state index is 14.2. The van der Waals surface area contributed by atoms with Crippen molar-refractivity contribution in [3.63, 3.8) is 0 Å². The van der Waals surface area contributed by atoms with Crippen LogP contribution >= 0.6 is 0 Å². The fraction of sp³-hybridized carbons (Fsp3) is 0.656. The molecule has 0 bridgehead atoms. The minimum absolute atomic E-state index is 0.0909. The lowest BCUT2D eigenvalue weighted by molar-refractivity contribution is -0.120. The summed E-state index contributed by atoms with van der Waals surface area (Å²) in [6.45, 7) is 7.62. The Kier molecular flexibility index (Phi) is 7.47. The van der Waals surface area contributed by atoms with Gasteiger partial charge in [-0.2, -0.15) is 0 Å². The monoisotopic (exact) mass is 591 g/mol. The number of hydrogen-bond acceptors (Lipinski definition) is 8. The van der Waals surface area contributed by atoms with Crippen LogP contribution in [-0.2, 0) is 4.79 Å². The van der Waals surface area contributed by atoms with E-state index in [2.05, 4.69) is 30.3 Å². The van der Waals surface area contributed by atoms with Crippen LogP contribution in [0.3, 0.4) is 0 Å². The first kappa shape index (κ1) is 28.4. The average molecular weight is 592 g/mol. The molecule has 43 heavy (non-hydrogen) atoms. The van der Waals surface area contributed by atoms with Crippen molar-refractivity contribution in [3.8, 4) is 11.6 Å². The number of anilines is 1. The van der Waals surface area contributed by atoms with Gasteiger partial charge >= 0.3 is 0 Å². The van der Waals surface area contributed by atoms with Crippen molar-refractivity contribution in [1.29, 1.82) is 0 Å². The van der Waals surface area contributed by atoms with Crippen LogP contribution in [0.5, 0.6) is 11.6 Å². The second-order valence-corrected chi connectivity index (χ2v) is 13.6. The number of hydrogen-bond donors (Lipinski definition) is 1. The number of piperidine rings is 1. The Labute approximate surface area is 252 Å². The molecule has 0 unspecified atom stereocenters. The highest BCUT2D eigenvalue weighted by atomic mass is 19.1. The molecular weight excluding hydrogens is 549 g/mol. The first-order chi connectivity index (χ1) is 20.8. The van der Waals surface area contributed by atoms with Gasteiger partial charge in [-0.3, -0.25) is 9.59 Å². The predicted molar refractivity (Wildman–Crippen MR) is 158 cm³/mol. The van der Waals surface area contributed by atoms with Crippen LogP contribution in [0.4, 0.5) is 10.2 Å². The maximum Gasteiger partial charge on any atom is 0.282 e. The van der Waals surface area contributed by atoms with Gasteiger partial charge in [-0.25, -0.2) is 9.37 Å². The number of carbonyl (C=O) groups excluding carboxylic acids is 2. The van der Waals surface area contributed by atoms with Crippen LogP contribution < -0.4 is 15.0 Å². The number of ether oxygens (including phenoxy) is 1. The summed E-state index contributed by atoms with van der Waals surface area (Å²) in [5.74, 6) is 1.35. The van der Waals surface area contributed by atoms with Gasteiger partial charge in [-0.1, -0.05) is 0 Å². The Morgan fingerprint density at radius 1 is 1.12 bits per heavy atom. The molecule has 0 atom stereocenters. The van der Waals surface area contributed by atoms with Crippen molar-refractivity contribution in [2.45, 2.75) is 82.7 Å². The largest absolute Gasteiger partial charge is 0.434 e. The molecule has 1 aromatic carbocycles. The molecule has 11 heteroatoms. The van der Waals surface area contributed by atoms with Crippen LogP contribution in [0.25, 0.3) is 0 Å². The van der Waals surface area contributed by atoms with E-state index in [9.17, 15) is 14.0 Å². The molecule has 1 aromatic heterocycles. The van der Waals surface area contributed by atoms with E-state index >= 15 is 0 Å². The smallest absolute Gasteiger partial charge is 0.282 e. The lowest BCUT2D eigenvalue weighted by Gasteiger charge is -2.54. The molecule has 4 heterocycles. The quantitative estimate of drug-likeness (QED) is 0.488. The second kappa shape index (κ2) is 11.3. The van der Waals surface area contributed by atoms with Crippen LogP contribution in [0.1, 0.15) is 81.5 Å². The molecule has 5 aliphatic rings. The molecule has 7 rings (SSSR count). The molecule has 2 spiro atoms. The average Bonchev–Trinajstić information content (AvgIpc) is 3.77. The van der Waals surface area contributed by atoms with E-state index in [1.165, 1.54) is 37.4 Å². The third-order valence-electron chi connectivity index (χ3n) is 10.6. The van der Waals surface area contributed by atoms with Crippen molar-refractivity contribution in [1.82, 2.24) is 30.3 Å². The van der Waals surface area contributed by atoms with E-state index in [0.717, 1.165) is 83.6 Å². The predicted octanol–water partition coefficient (Wildman–Crippen LogP) is 4.17. The van der Waals surface area contributed by atoms with E-state index in [1.807, 2.05) is 6.92 Å². The van der Waals surface area contributed by atoms with Gasteiger partial charge < -0.3 is 24.8 Å². The molecule has 5 fully saturated rings. The number of carbonyl (C=O) groups is 2. The Hall–Kier alpha value is -3.34. The molecule has 2 aromatic rings. The minimum Gasteiger partial charge on any atom is -0.434 e. The number of likely N-dealkylation sites (tertiary alicyclic amines) is 1.